The van der Waals surface area contributed by atoms with E-state index >= 15 is 0 Å². The highest BCUT2D eigenvalue weighted by Gasteiger charge is 2.32. The molecular formula is C17H28N4O9S. The Labute approximate surface area is 183 Å². The van der Waals surface area contributed by atoms with E-state index in [1.807, 2.05) is 5.32 Å². The van der Waals surface area contributed by atoms with Gasteiger partial charge in [0.05, 0.1) is 12.5 Å². The maximum atomic E-state index is 12.6. The highest BCUT2D eigenvalue weighted by Crippen LogP contribution is 2.06. The Kier molecular flexibility index (Phi) is 12.2. The number of nitrogens with one attached hydrogen (secondary N) is 3. The number of amides is 3. The SMILES string of the molecule is CC(C)C(NC(=O)C(N)CS)C(=O)NC(CC(=O)O)C(=O)NC(CCC(=O)O)C(=O)O. The number of hydrogen-bond acceptors (Lipinski definition) is 8. The lowest BCUT2D eigenvalue weighted by molar-refractivity contribution is -0.144. The van der Waals surface area contributed by atoms with Gasteiger partial charge in [-0.1, -0.05) is 13.8 Å². The van der Waals surface area contributed by atoms with Crippen molar-refractivity contribution in [1.82, 2.24) is 16.0 Å². The third-order valence-electron chi connectivity index (χ3n) is 4.05. The van der Waals surface area contributed by atoms with E-state index < -0.39 is 85.0 Å². The van der Waals surface area contributed by atoms with Gasteiger partial charge in [-0.3, -0.25) is 24.0 Å². The molecule has 0 heterocycles. The molecule has 0 saturated heterocycles. The zero-order chi connectivity index (χ0) is 24.3. The van der Waals surface area contributed by atoms with E-state index in [0.29, 0.717) is 0 Å². The van der Waals surface area contributed by atoms with Crippen LogP contribution in [0, 0.1) is 5.92 Å². The molecule has 31 heavy (non-hydrogen) atoms. The zero-order valence-electron chi connectivity index (χ0n) is 17.0. The zero-order valence-corrected chi connectivity index (χ0v) is 17.9. The predicted octanol–water partition coefficient (Wildman–Crippen LogP) is -2.22. The molecule has 0 bridgehead atoms. The number of hydrogen-bond donors (Lipinski definition) is 8. The van der Waals surface area contributed by atoms with Gasteiger partial charge in [0.25, 0.3) is 0 Å². The molecule has 4 unspecified atom stereocenters. The number of carboxylic acid groups (broad SMARTS) is 3. The van der Waals surface area contributed by atoms with Crippen molar-refractivity contribution in [2.75, 3.05) is 5.75 Å². The van der Waals surface area contributed by atoms with Crippen LogP contribution >= 0.6 is 12.6 Å². The molecule has 14 heteroatoms. The molecular weight excluding hydrogens is 436 g/mol. The van der Waals surface area contributed by atoms with Crippen LogP contribution in [0.5, 0.6) is 0 Å². The lowest BCUT2D eigenvalue weighted by Crippen LogP contribution is -2.58. The van der Waals surface area contributed by atoms with Gasteiger partial charge in [0.2, 0.25) is 17.7 Å². The third kappa shape index (κ3) is 10.6. The summed E-state index contributed by atoms with van der Waals surface area (Å²) in [6, 6.07) is -5.44. The molecule has 0 radical (unpaired) electrons. The first-order valence-electron chi connectivity index (χ1n) is 9.24. The molecule has 4 atom stereocenters. The third-order valence-corrected chi connectivity index (χ3v) is 4.45. The van der Waals surface area contributed by atoms with Crippen LogP contribution in [0.4, 0.5) is 0 Å². The van der Waals surface area contributed by atoms with Crippen molar-refractivity contribution in [3.8, 4) is 0 Å². The number of aliphatic carboxylic acids is 3. The Morgan fingerprint density at radius 2 is 1.39 bits per heavy atom. The quantitative estimate of drug-likeness (QED) is 0.129. The van der Waals surface area contributed by atoms with Crippen LogP contribution in [0.3, 0.4) is 0 Å². The first-order chi connectivity index (χ1) is 14.3. The second kappa shape index (κ2) is 13.4. The van der Waals surface area contributed by atoms with Crippen LogP contribution in [0.2, 0.25) is 0 Å². The summed E-state index contributed by atoms with van der Waals surface area (Å²) >= 11 is 3.89. The summed E-state index contributed by atoms with van der Waals surface area (Å²) in [5.41, 5.74) is 5.55. The van der Waals surface area contributed by atoms with Gasteiger partial charge in [0.1, 0.15) is 18.1 Å². The predicted molar refractivity (Wildman–Crippen MR) is 109 cm³/mol. The molecule has 0 saturated carbocycles. The number of carbonyl (C=O) groups is 6. The summed E-state index contributed by atoms with van der Waals surface area (Å²) in [5.74, 6) is -7.42. The number of thiol groups is 1. The van der Waals surface area contributed by atoms with E-state index in [9.17, 15) is 28.8 Å². The fourth-order valence-corrected chi connectivity index (χ4v) is 2.49. The molecule has 8 N–H and O–H groups in total. The summed E-state index contributed by atoms with van der Waals surface area (Å²) in [6.07, 6.45) is -1.88. The molecule has 0 spiro atoms. The molecule has 0 aliphatic heterocycles. The number of nitrogens with two attached hydrogens (primary N) is 1. The van der Waals surface area contributed by atoms with Crippen LogP contribution in [0.15, 0.2) is 0 Å². The minimum Gasteiger partial charge on any atom is -0.481 e. The van der Waals surface area contributed by atoms with Crippen LogP contribution in [-0.2, 0) is 28.8 Å². The first kappa shape index (κ1) is 28.1. The van der Waals surface area contributed by atoms with Gasteiger partial charge in [-0.15, -0.1) is 0 Å². The highest BCUT2D eigenvalue weighted by molar-refractivity contribution is 7.80. The summed E-state index contributed by atoms with van der Waals surface area (Å²) in [4.78, 5) is 70.0. The van der Waals surface area contributed by atoms with E-state index in [1.54, 1.807) is 13.8 Å². The molecule has 0 aromatic heterocycles. The molecule has 176 valence electrons. The fraction of sp³-hybridized carbons (Fsp3) is 0.647. The summed E-state index contributed by atoms with van der Waals surface area (Å²) < 4.78 is 0. The van der Waals surface area contributed by atoms with E-state index in [4.69, 9.17) is 21.1 Å². The summed E-state index contributed by atoms with van der Waals surface area (Å²) in [7, 11) is 0. The molecule has 0 aliphatic carbocycles. The first-order valence-corrected chi connectivity index (χ1v) is 9.87. The lowest BCUT2D eigenvalue weighted by atomic mass is 10.0. The molecule has 3 amide bonds. The Hall–Kier alpha value is -2.87. The van der Waals surface area contributed by atoms with Crippen LogP contribution in [0.25, 0.3) is 0 Å². The van der Waals surface area contributed by atoms with Crippen LogP contribution in [0.1, 0.15) is 33.1 Å². The molecule has 0 aromatic carbocycles. The van der Waals surface area contributed by atoms with E-state index in [2.05, 4.69) is 23.3 Å². The van der Waals surface area contributed by atoms with Gasteiger partial charge < -0.3 is 37.0 Å². The van der Waals surface area contributed by atoms with E-state index in [-0.39, 0.29) is 5.75 Å². The highest BCUT2D eigenvalue weighted by atomic mass is 32.1. The molecule has 13 nitrogen and oxygen atoms in total. The topological polar surface area (TPSA) is 225 Å². The Morgan fingerprint density at radius 3 is 1.81 bits per heavy atom. The maximum absolute atomic E-state index is 12.6. The van der Waals surface area contributed by atoms with Crippen molar-refractivity contribution in [3.05, 3.63) is 0 Å². The largest absolute Gasteiger partial charge is 0.481 e. The average molecular weight is 464 g/mol. The normalized spacial score (nSPS) is 14.6. The van der Waals surface area contributed by atoms with Crippen molar-refractivity contribution in [2.45, 2.75) is 57.3 Å². The second-order valence-electron chi connectivity index (χ2n) is 7.01. The standard InChI is InChI=1S/C17H28N4O9S/c1-7(2)13(21-14(26)8(18)6-31)16(28)20-10(5-12(24)25)15(27)19-9(17(29)30)3-4-11(22)23/h7-10,13,31H,3-6,18H2,1-2H3,(H,19,27)(H,20,28)(H,21,26)(H,22,23)(H,24,25)(H,29,30). The van der Waals surface area contributed by atoms with Gasteiger partial charge in [-0.2, -0.15) is 12.6 Å². The molecule has 0 aliphatic rings. The van der Waals surface area contributed by atoms with Crippen LogP contribution < -0.4 is 21.7 Å². The summed E-state index contributed by atoms with van der Waals surface area (Å²) in [6.45, 7) is 3.19. The monoisotopic (exact) mass is 464 g/mol. The molecule has 0 rings (SSSR count). The average Bonchev–Trinajstić information content (AvgIpc) is 2.66. The van der Waals surface area contributed by atoms with Crippen molar-refractivity contribution in [1.29, 1.82) is 0 Å². The Balaban J connectivity index is 5.43. The van der Waals surface area contributed by atoms with Crippen molar-refractivity contribution in [3.63, 3.8) is 0 Å². The van der Waals surface area contributed by atoms with E-state index in [0.717, 1.165) is 0 Å². The minimum atomic E-state index is -1.67. The Bertz CT molecular complexity index is 701. The molecule has 0 aromatic rings. The van der Waals surface area contributed by atoms with E-state index in [1.165, 1.54) is 0 Å². The lowest BCUT2D eigenvalue weighted by Gasteiger charge is -2.26. The van der Waals surface area contributed by atoms with Crippen molar-refractivity contribution in [2.24, 2.45) is 11.7 Å². The Morgan fingerprint density at radius 1 is 0.839 bits per heavy atom. The second-order valence-corrected chi connectivity index (χ2v) is 7.38. The number of carbonyl (C=O) groups excluding carboxylic acids is 3. The minimum absolute atomic E-state index is 0.00916. The van der Waals surface area contributed by atoms with Crippen LogP contribution in [-0.4, -0.2) is 80.9 Å². The van der Waals surface area contributed by atoms with Gasteiger partial charge in [-0.05, 0) is 12.3 Å². The number of rotatable bonds is 14. The van der Waals surface area contributed by atoms with Gasteiger partial charge in [0.15, 0.2) is 0 Å². The maximum Gasteiger partial charge on any atom is 0.326 e. The van der Waals surface area contributed by atoms with Gasteiger partial charge in [0, 0.05) is 12.2 Å². The summed E-state index contributed by atoms with van der Waals surface area (Å²) in [5, 5.41) is 33.5. The molecule has 0 fully saturated rings. The fourth-order valence-electron chi connectivity index (χ4n) is 2.32. The smallest absolute Gasteiger partial charge is 0.326 e. The van der Waals surface area contributed by atoms with Crippen molar-refractivity contribution < 1.29 is 44.1 Å². The van der Waals surface area contributed by atoms with Crippen molar-refractivity contribution >= 4 is 48.3 Å². The van der Waals surface area contributed by atoms with Gasteiger partial charge >= 0.3 is 17.9 Å². The van der Waals surface area contributed by atoms with Gasteiger partial charge in [-0.25, -0.2) is 4.79 Å². The number of carboxylic acids is 3.